The van der Waals surface area contributed by atoms with Crippen LogP contribution < -0.4 is 10.1 Å². The van der Waals surface area contributed by atoms with Crippen molar-refractivity contribution in [2.75, 3.05) is 6.54 Å². The second-order valence-corrected chi connectivity index (χ2v) is 8.43. The molecule has 0 saturated carbocycles. The number of Topliss-reactive ketones (excluding diaryl/α,β-unsaturated/α-hetero) is 1. The van der Waals surface area contributed by atoms with E-state index in [1.807, 2.05) is 42.5 Å². The quantitative estimate of drug-likeness (QED) is 0.443. The molecule has 0 bridgehead atoms. The molecule has 2 aromatic heterocycles. The Morgan fingerprint density at radius 1 is 1.30 bits per heavy atom. The van der Waals surface area contributed by atoms with Crippen LogP contribution in [0.5, 0.6) is 5.75 Å². The van der Waals surface area contributed by atoms with E-state index in [1.165, 1.54) is 17.4 Å². The topological polar surface area (TPSA) is 68.3 Å². The summed E-state index contributed by atoms with van der Waals surface area (Å²) in [5.74, 6) is 0.504. The first-order chi connectivity index (χ1) is 14.5. The summed E-state index contributed by atoms with van der Waals surface area (Å²) in [4.78, 5) is 29.5. The van der Waals surface area contributed by atoms with Gasteiger partial charge in [-0.2, -0.15) is 0 Å². The van der Waals surface area contributed by atoms with Crippen LogP contribution in [0.3, 0.4) is 0 Å². The summed E-state index contributed by atoms with van der Waals surface area (Å²) < 4.78 is 5.95. The number of aromatic nitrogens is 1. The SMILES string of the molecule is CC(=O)c1ccc(-c2cc(Cl)c3c(c2)C[C@H](CNC(=O)C=Cc2ccccn2)O3)s1. The number of carbonyl (C=O) groups is 2. The summed E-state index contributed by atoms with van der Waals surface area (Å²) in [6, 6.07) is 13.2. The van der Waals surface area contributed by atoms with E-state index in [0.717, 1.165) is 26.6 Å². The molecule has 1 aliphatic rings. The van der Waals surface area contributed by atoms with Crippen LogP contribution >= 0.6 is 22.9 Å². The fourth-order valence-corrected chi connectivity index (χ4v) is 4.41. The molecule has 1 atom stereocenters. The van der Waals surface area contributed by atoms with Crippen molar-refractivity contribution >= 4 is 40.7 Å². The Balaban J connectivity index is 1.39. The number of ketones is 1. The molecule has 0 unspecified atom stereocenters. The molecule has 4 rings (SSSR count). The first kappa shape index (κ1) is 20.3. The minimum absolute atomic E-state index is 0.0507. The predicted molar refractivity (Wildman–Crippen MR) is 119 cm³/mol. The predicted octanol–water partition coefficient (Wildman–Crippen LogP) is 4.80. The van der Waals surface area contributed by atoms with Gasteiger partial charge in [0, 0.05) is 29.1 Å². The number of carbonyl (C=O) groups excluding carboxylic acids is 2. The second-order valence-electron chi connectivity index (χ2n) is 6.94. The number of halogens is 1. The average Bonchev–Trinajstić information content (AvgIpc) is 3.39. The van der Waals surface area contributed by atoms with Crippen molar-refractivity contribution < 1.29 is 14.3 Å². The van der Waals surface area contributed by atoms with Crippen LogP contribution in [0.1, 0.15) is 27.9 Å². The molecule has 0 fully saturated rings. The van der Waals surface area contributed by atoms with Gasteiger partial charge in [-0.3, -0.25) is 14.6 Å². The van der Waals surface area contributed by atoms with E-state index in [4.69, 9.17) is 16.3 Å². The highest BCUT2D eigenvalue weighted by Crippen LogP contribution is 2.41. The van der Waals surface area contributed by atoms with Gasteiger partial charge in [-0.05, 0) is 55.0 Å². The molecule has 7 heteroatoms. The van der Waals surface area contributed by atoms with E-state index in [9.17, 15) is 9.59 Å². The van der Waals surface area contributed by atoms with Crippen LogP contribution in [0.25, 0.3) is 16.5 Å². The summed E-state index contributed by atoms with van der Waals surface area (Å²) in [7, 11) is 0. The molecule has 0 aliphatic carbocycles. The third kappa shape index (κ3) is 4.61. The standard InChI is InChI=1S/C23H19ClN2O3S/c1-14(27)20-6-7-21(30-20)15-10-16-11-18(29-23(16)19(24)12-15)13-26-22(28)8-5-17-4-2-3-9-25-17/h2-10,12,18H,11,13H2,1H3,(H,26,28)/t18-/m1/s1. The van der Waals surface area contributed by atoms with Gasteiger partial charge in [0.1, 0.15) is 11.9 Å². The second kappa shape index (κ2) is 8.81. The molecule has 3 heterocycles. The number of pyridine rings is 1. The molecule has 5 nitrogen and oxygen atoms in total. The highest BCUT2D eigenvalue weighted by atomic mass is 35.5. The Bertz CT molecular complexity index is 1120. The van der Waals surface area contributed by atoms with Gasteiger partial charge in [0.2, 0.25) is 5.91 Å². The molecule has 152 valence electrons. The molecule has 0 radical (unpaired) electrons. The lowest BCUT2D eigenvalue weighted by Crippen LogP contribution is -2.33. The molecule has 30 heavy (non-hydrogen) atoms. The maximum atomic E-state index is 12.1. The third-order valence-corrected chi connectivity index (χ3v) is 6.20. The Morgan fingerprint density at radius 3 is 2.90 bits per heavy atom. The van der Waals surface area contributed by atoms with Crippen molar-refractivity contribution in [3.63, 3.8) is 0 Å². The third-order valence-electron chi connectivity index (χ3n) is 4.69. The summed E-state index contributed by atoms with van der Waals surface area (Å²) in [6.07, 6.45) is 5.27. The number of ether oxygens (including phenoxy) is 1. The molecule has 0 saturated heterocycles. The van der Waals surface area contributed by atoms with Crippen LogP contribution in [-0.2, 0) is 11.2 Å². The Morgan fingerprint density at radius 2 is 2.17 bits per heavy atom. The zero-order valence-electron chi connectivity index (χ0n) is 16.2. The van der Waals surface area contributed by atoms with Gasteiger partial charge in [-0.15, -0.1) is 11.3 Å². The number of benzene rings is 1. The highest BCUT2D eigenvalue weighted by Gasteiger charge is 2.26. The summed E-state index contributed by atoms with van der Waals surface area (Å²) in [6.45, 7) is 1.93. The Kier molecular flexibility index (Phi) is 5.97. The summed E-state index contributed by atoms with van der Waals surface area (Å²) in [5, 5.41) is 3.39. The van der Waals surface area contributed by atoms with Crippen molar-refractivity contribution in [2.24, 2.45) is 0 Å². The van der Waals surface area contributed by atoms with E-state index in [1.54, 1.807) is 19.2 Å². The molecule has 3 aromatic rings. The van der Waals surface area contributed by atoms with E-state index < -0.39 is 0 Å². The summed E-state index contributed by atoms with van der Waals surface area (Å²) in [5.41, 5.74) is 2.68. The number of hydrogen-bond acceptors (Lipinski definition) is 5. The number of rotatable bonds is 6. The monoisotopic (exact) mass is 438 g/mol. The maximum absolute atomic E-state index is 12.1. The van der Waals surface area contributed by atoms with Gasteiger partial charge in [0.15, 0.2) is 5.78 Å². The van der Waals surface area contributed by atoms with E-state index in [-0.39, 0.29) is 17.8 Å². The van der Waals surface area contributed by atoms with Gasteiger partial charge in [-0.25, -0.2) is 0 Å². The molecule has 1 amide bonds. The minimum Gasteiger partial charge on any atom is -0.486 e. The largest absolute Gasteiger partial charge is 0.486 e. The van der Waals surface area contributed by atoms with Gasteiger partial charge in [0.25, 0.3) is 0 Å². The molecule has 0 spiro atoms. The average molecular weight is 439 g/mol. The van der Waals surface area contributed by atoms with Crippen molar-refractivity contribution in [1.29, 1.82) is 0 Å². The lowest BCUT2D eigenvalue weighted by Gasteiger charge is -2.11. The van der Waals surface area contributed by atoms with Crippen molar-refractivity contribution in [2.45, 2.75) is 19.4 Å². The zero-order valence-corrected chi connectivity index (χ0v) is 17.8. The Labute approximate surface area is 183 Å². The number of amides is 1. The first-order valence-corrected chi connectivity index (χ1v) is 10.7. The van der Waals surface area contributed by atoms with Gasteiger partial charge in [0.05, 0.1) is 22.1 Å². The number of fused-ring (bicyclic) bond motifs is 1. The smallest absolute Gasteiger partial charge is 0.244 e. The van der Waals surface area contributed by atoms with E-state index in [2.05, 4.69) is 10.3 Å². The zero-order chi connectivity index (χ0) is 21.1. The summed E-state index contributed by atoms with van der Waals surface area (Å²) >= 11 is 7.89. The normalized spacial score (nSPS) is 15.1. The first-order valence-electron chi connectivity index (χ1n) is 9.47. The number of nitrogens with one attached hydrogen (secondary N) is 1. The number of hydrogen-bond donors (Lipinski definition) is 1. The van der Waals surface area contributed by atoms with Crippen LogP contribution in [-0.4, -0.2) is 29.3 Å². The van der Waals surface area contributed by atoms with Crippen LogP contribution in [0.15, 0.2) is 54.7 Å². The van der Waals surface area contributed by atoms with E-state index in [0.29, 0.717) is 23.7 Å². The minimum atomic E-state index is -0.206. The van der Waals surface area contributed by atoms with Gasteiger partial charge >= 0.3 is 0 Å². The van der Waals surface area contributed by atoms with Crippen LogP contribution in [0.2, 0.25) is 5.02 Å². The fraction of sp³-hybridized carbons (Fsp3) is 0.174. The molecule has 1 N–H and O–H groups in total. The number of thiophene rings is 1. The lowest BCUT2D eigenvalue weighted by molar-refractivity contribution is -0.116. The number of nitrogens with zero attached hydrogens (tertiary/aromatic N) is 1. The lowest BCUT2D eigenvalue weighted by atomic mass is 10.1. The Hall–Kier alpha value is -2.96. The van der Waals surface area contributed by atoms with Gasteiger partial charge in [-0.1, -0.05) is 17.7 Å². The van der Waals surface area contributed by atoms with E-state index >= 15 is 0 Å². The van der Waals surface area contributed by atoms with Crippen LogP contribution in [0, 0.1) is 0 Å². The maximum Gasteiger partial charge on any atom is 0.244 e. The van der Waals surface area contributed by atoms with Crippen molar-refractivity contribution in [3.8, 4) is 16.2 Å². The fourth-order valence-electron chi connectivity index (χ4n) is 3.23. The highest BCUT2D eigenvalue weighted by molar-refractivity contribution is 7.17. The molecular formula is C23H19ClN2O3S. The molecule has 1 aliphatic heterocycles. The van der Waals surface area contributed by atoms with Crippen LogP contribution in [0.4, 0.5) is 0 Å². The molecular weight excluding hydrogens is 420 g/mol. The van der Waals surface area contributed by atoms with Gasteiger partial charge < -0.3 is 10.1 Å². The molecule has 1 aromatic carbocycles. The van der Waals surface area contributed by atoms with Crippen molar-refractivity contribution in [3.05, 3.63) is 75.9 Å². The van der Waals surface area contributed by atoms with Crippen molar-refractivity contribution in [1.82, 2.24) is 10.3 Å².